The van der Waals surface area contributed by atoms with Gasteiger partial charge in [0.15, 0.2) is 0 Å². The Bertz CT molecular complexity index is 391. The second-order valence-electron chi connectivity index (χ2n) is 6.65. The number of piperidine rings is 1. The maximum absolute atomic E-state index is 2.83. The molecule has 1 aromatic carbocycles. The molecule has 0 radical (unpaired) electrons. The van der Waals surface area contributed by atoms with Gasteiger partial charge in [-0.25, -0.2) is 0 Å². The maximum Gasteiger partial charge on any atom is 0.0460 e. The van der Waals surface area contributed by atoms with Crippen molar-refractivity contribution in [3.63, 3.8) is 0 Å². The van der Waals surface area contributed by atoms with Gasteiger partial charge in [-0.15, -0.1) is 0 Å². The molecule has 1 atom stereocenters. The van der Waals surface area contributed by atoms with Gasteiger partial charge in [-0.3, -0.25) is 4.90 Å². The molecule has 1 aromatic rings. The van der Waals surface area contributed by atoms with Crippen LogP contribution in [0.2, 0.25) is 0 Å². The molecule has 3 rings (SSSR count). The summed E-state index contributed by atoms with van der Waals surface area (Å²) < 4.78 is 0. The summed E-state index contributed by atoms with van der Waals surface area (Å²) in [6.07, 6.45) is 9.77. The maximum atomic E-state index is 2.83. The van der Waals surface area contributed by atoms with E-state index in [9.17, 15) is 0 Å². The first-order chi connectivity index (χ1) is 9.31. The molecule has 2 fully saturated rings. The number of hydrogen-bond donors (Lipinski definition) is 0. The van der Waals surface area contributed by atoms with E-state index in [2.05, 4.69) is 42.2 Å². The Morgan fingerprint density at radius 2 is 1.74 bits per heavy atom. The Morgan fingerprint density at radius 1 is 1.00 bits per heavy atom. The topological polar surface area (TPSA) is 3.24 Å². The lowest BCUT2D eigenvalue weighted by molar-refractivity contribution is 0.0139. The van der Waals surface area contributed by atoms with Gasteiger partial charge >= 0.3 is 0 Å². The molecule has 1 aliphatic carbocycles. The summed E-state index contributed by atoms with van der Waals surface area (Å²) >= 11 is 0. The van der Waals surface area contributed by atoms with Gasteiger partial charge in [0, 0.05) is 12.1 Å². The number of rotatable bonds is 2. The monoisotopic (exact) mass is 257 g/mol. The first-order valence-electron chi connectivity index (χ1n) is 8.12. The number of benzene rings is 1. The second kappa shape index (κ2) is 5.66. The molecule has 0 N–H and O–H groups in total. The molecule has 1 heterocycles. The van der Waals surface area contributed by atoms with Crippen molar-refractivity contribution < 1.29 is 0 Å². The van der Waals surface area contributed by atoms with Gasteiger partial charge in [0.2, 0.25) is 0 Å². The van der Waals surface area contributed by atoms with E-state index < -0.39 is 0 Å². The molecule has 0 unspecified atom stereocenters. The number of nitrogens with zero attached hydrogens (tertiary/aromatic N) is 1. The quantitative estimate of drug-likeness (QED) is 0.749. The van der Waals surface area contributed by atoms with E-state index in [1.54, 1.807) is 5.56 Å². The molecule has 0 bridgehead atoms. The van der Waals surface area contributed by atoms with Crippen molar-refractivity contribution in [3.05, 3.63) is 35.9 Å². The smallest absolute Gasteiger partial charge is 0.0460 e. The van der Waals surface area contributed by atoms with Gasteiger partial charge in [0.05, 0.1) is 0 Å². The van der Waals surface area contributed by atoms with E-state index in [4.69, 9.17) is 0 Å². The van der Waals surface area contributed by atoms with Crippen LogP contribution < -0.4 is 0 Å². The fourth-order valence-electron chi connectivity index (χ4n) is 4.25. The van der Waals surface area contributed by atoms with Crippen molar-refractivity contribution in [3.8, 4) is 0 Å². The second-order valence-corrected chi connectivity index (χ2v) is 6.65. The fourth-order valence-corrected chi connectivity index (χ4v) is 4.25. The van der Waals surface area contributed by atoms with Crippen LogP contribution in [0.4, 0.5) is 0 Å². The third-order valence-electron chi connectivity index (χ3n) is 5.25. The van der Waals surface area contributed by atoms with Crippen LogP contribution in [0.1, 0.15) is 57.4 Å². The molecule has 1 aliphatic heterocycles. The first-order valence-corrected chi connectivity index (χ1v) is 8.12. The number of likely N-dealkylation sites (tertiary alicyclic amines) is 1. The zero-order valence-corrected chi connectivity index (χ0v) is 12.3. The van der Waals surface area contributed by atoms with E-state index in [0.29, 0.717) is 5.54 Å². The first kappa shape index (κ1) is 13.2. The van der Waals surface area contributed by atoms with Crippen molar-refractivity contribution >= 4 is 0 Å². The summed E-state index contributed by atoms with van der Waals surface area (Å²) in [6.45, 7) is 5.03. The van der Waals surface area contributed by atoms with Gasteiger partial charge < -0.3 is 0 Å². The minimum atomic E-state index is 0.355. The summed E-state index contributed by atoms with van der Waals surface area (Å²) in [7, 11) is 0. The van der Waals surface area contributed by atoms with Crippen LogP contribution in [-0.4, -0.2) is 18.0 Å². The summed E-state index contributed by atoms with van der Waals surface area (Å²) in [5.41, 5.74) is 1.93. The Balaban J connectivity index is 1.92. The predicted molar refractivity (Wildman–Crippen MR) is 81.2 cm³/mol. The lowest BCUT2D eigenvalue weighted by atomic mass is 9.74. The average Bonchev–Trinajstić information content (AvgIpc) is 2.49. The Hall–Kier alpha value is -0.820. The lowest BCUT2D eigenvalue weighted by Crippen LogP contribution is -2.51. The van der Waals surface area contributed by atoms with Crippen molar-refractivity contribution in [1.82, 2.24) is 4.90 Å². The standard InChI is InChI=1S/C18H27N/c1-16-9-8-14-19(15-16)18(12-6-3-7-13-18)17-10-4-2-5-11-17/h2,4-5,10-11,16H,3,6-9,12-15H2,1H3/t16-/m0/s1. The zero-order valence-electron chi connectivity index (χ0n) is 12.3. The van der Waals surface area contributed by atoms with Gasteiger partial charge in [-0.2, -0.15) is 0 Å². The Labute approximate surface area is 118 Å². The molecular weight excluding hydrogens is 230 g/mol. The molecule has 2 aliphatic rings. The van der Waals surface area contributed by atoms with E-state index in [0.717, 1.165) is 5.92 Å². The van der Waals surface area contributed by atoms with Crippen molar-refractivity contribution in [2.75, 3.05) is 13.1 Å². The minimum Gasteiger partial charge on any atom is -0.293 e. The highest BCUT2D eigenvalue weighted by atomic mass is 15.2. The van der Waals surface area contributed by atoms with Crippen molar-refractivity contribution in [2.24, 2.45) is 5.92 Å². The van der Waals surface area contributed by atoms with Crippen molar-refractivity contribution in [2.45, 2.75) is 57.4 Å². The van der Waals surface area contributed by atoms with Crippen LogP contribution in [-0.2, 0) is 5.54 Å². The third kappa shape index (κ3) is 2.58. The third-order valence-corrected chi connectivity index (χ3v) is 5.25. The van der Waals surface area contributed by atoms with Gasteiger partial charge in [-0.1, -0.05) is 56.5 Å². The summed E-state index contributed by atoms with van der Waals surface area (Å²) in [4.78, 5) is 2.83. The largest absolute Gasteiger partial charge is 0.293 e. The van der Waals surface area contributed by atoms with Crippen LogP contribution in [0, 0.1) is 5.92 Å². The van der Waals surface area contributed by atoms with E-state index in [1.807, 2.05) is 0 Å². The van der Waals surface area contributed by atoms with Crippen molar-refractivity contribution in [1.29, 1.82) is 0 Å². The van der Waals surface area contributed by atoms with Crippen LogP contribution in [0.3, 0.4) is 0 Å². The van der Waals surface area contributed by atoms with Gasteiger partial charge in [-0.05, 0) is 43.7 Å². The Kier molecular flexibility index (Phi) is 3.93. The fraction of sp³-hybridized carbons (Fsp3) is 0.667. The van der Waals surface area contributed by atoms with Gasteiger partial charge in [0.25, 0.3) is 0 Å². The molecule has 0 aromatic heterocycles. The number of hydrogen-bond acceptors (Lipinski definition) is 1. The van der Waals surface area contributed by atoms with E-state index in [1.165, 1.54) is 58.0 Å². The summed E-state index contributed by atoms with van der Waals surface area (Å²) in [5, 5.41) is 0. The lowest BCUT2D eigenvalue weighted by Gasteiger charge is -2.50. The molecule has 0 amide bonds. The van der Waals surface area contributed by atoms with Gasteiger partial charge in [0.1, 0.15) is 0 Å². The van der Waals surface area contributed by atoms with E-state index in [-0.39, 0.29) is 0 Å². The van der Waals surface area contributed by atoms with Crippen LogP contribution in [0.5, 0.6) is 0 Å². The highest BCUT2D eigenvalue weighted by molar-refractivity contribution is 5.25. The molecule has 104 valence electrons. The average molecular weight is 257 g/mol. The summed E-state index contributed by atoms with van der Waals surface area (Å²) in [6, 6.07) is 11.3. The van der Waals surface area contributed by atoms with Crippen LogP contribution in [0.15, 0.2) is 30.3 Å². The zero-order chi connectivity index (χ0) is 13.1. The predicted octanol–water partition coefficient (Wildman–Crippen LogP) is 4.58. The normalized spacial score (nSPS) is 28.2. The highest BCUT2D eigenvalue weighted by Crippen LogP contribution is 2.43. The molecule has 19 heavy (non-hydrogen) atoms. The molecular formula is C18H27N. The SMILES string of the molecule is C[C@H]1CCCN(C2(c3ccccc3)CCCCC2)C1. The minimum absolute atomic E-state index is 0.355. The molecule has 0 spiro atoms. The molecule has 1 saturated heterocycles. The molecule has 1 heteroatoms. The van der Waals surface area contributed by atoms with Crippen LogP contribution >= 0.6 is 0 Å². The van der Waals surface area contributed by atoms with E-state index >= 15 is 0 Å². The molecule has 1 nitrogen and oxygen atoms in total. The molecule has 1 saturated carbocycles. The summed E-state index contributed by atoms with van der Waals surface area (Å²) in [5.74, 6) is 0.872. The highest BCUT2D eigenvalue weighted by Gasteiger charge is 2.40. The Morgan fingerprint density at radius 3 is 2.42 bits per heavy atom. The van der Waals surface area contributed by atoms with Crippen LogP contribution in [0.25, 0.3) is 0 Å².